The third-order valence-electron chi connectivity index (χ3n) is 3.81. The second kappa shape index (κ2) is 7.95. The predicted octanol–water partition coefficient (Wildman–Crippen LogP) is 4.56. The number of carbonyl (C=O) groups is 1. The first-order valence-electron chi connectivity index (χ1n) is 8.31. The van der Waals surface area contributed by atoms with Gasteiger partial charge in [0, 0.05) is 23.2 Å². The Morgan fingerprint density at radius 2 is 2.20 bits per heavy atom. The molecule has 0 bridgehead atoms. The molecule has 2 aromatic rings. The van der Waals surface area contributed by atoms with Crippen LogP contribution >= 0.6 is 11.3 Å². The number of thiazole rings is 1. The van der Waals surface area contributed by atoms with Gasteiger partial charge in [0.2, 0.25) is 0 Å². The van der Waals surface area contributed by atoms with Crippen molar-refractivity contribution in [2.45, 2.75) is 32.1 Å². The van der Waals surface area contributed by atoms with Gasteiger partial charge in [0.25, 0.3) is 0 Å². The van der Waals surface area contributed by atoms with Crippen LogP contribution in [0.1, 0.15) is 53.2 Å². The molecule has 0 amide bonds. The van der Waals surface area contributed by atoms with Crippen LogP contribution in [-0.2, 0) is 4.74 Å². The molecule has 3 rings (SSSR count). The quantitative estimate of drug-likeness (QED) is 0.583. The van der Waals surface area contributed by atoms with Crippen LogP contribution in [0.4, 0.5) is 5.69 Å². The lowest BCUT2D eigenvalue weighted by atomic mass is 10.2. The van der Waals surface area contributed by atoms with Gasteiger partial charge in [-0.05, 0) is 43.5 Å². The van der Waals surface area contributed by atoms with Gasteiger partial charge >= 0.3 is 5.97 Å². The van der Waals surface area contributed by atoms with Crippen LogP contribution in [0.25, 0.3) is 5.57 Å². The van der Waals surface area contributed by atoms with Crippen molar-refractivity contribution in [3.8, 4) is 6.07 Å². The summed E-state index contributed by atoms with van der Waals surface area (Å²) < 4.78 is 5.10. The number of hydrogen-bond acceptors (Lipinski definition) is 6. The number of esters is 1. The summed E-state index contributed by atoms with van der Waals surface area (Å²) in [4.78, 5) is 16.3. The molecule has 0 radical (unpaired) electrons. The van der Waals surface area contributed by atoms with Crippen molar-refractivity contribution in [1.29, 1.82) is 5.26 Å². The van der Waals surface area contributed by atoms with Gasteiger partial charge < -0.3 is 10.1 Å². The van der Waals surface area contributed by atoms with Crippen LogP contribution in [0.15, 0.2) is 35.8 Å². The molecular weight excluding hydrogens is 334 g/mol. The molecule has 0 unspecified atom stereocenters. The molecule has 1 heterocycles. The Morgan fingerprint density at radius 1 is 1.44 bits per heavy atom. The van der Waals surface area contributed by atoms with Crippen molar-refractivity contribution in [2.24, 2.45) is 0 Å². The molecule has 1 aromatic carbocycles. The zero-order valence-electron chi connectivity index (χ0n) is 14.0. The summed E-state index contributed by atoms with van der Waals surface area (Å²) in [5.41, 5.74) is 2.90. The standard InChI is InChI=1S/C19H19N3O2S/c1-2-9-24-19(23)14-5-7-16(8-6-14)21-11-15(10-20)18-22-17(12-25-18)13-3-4-13/h5-8,11-13,21H,2-4,9H2,1H3/b15-11+. The molecule has 0 saturated heterocycles. The molecule has 1 saturated carbocycles. The largest absolute Gasteiger partial charge is 0.462 e. The molecule has 25 heavy (non-hydrogen) atoms. The fourth-order valence-corrected chi connectivity index (χ4v) is 3.12. The molecule has 5 nitrogen and oxygen atoms in total. The van der Waals surface area contributed by atoms with E-state index in [1.807, 2.05) is 12.3 Å². The zero-order chi connectivity index (χ0) is 17.6. The number of nitriles is 1. The van der Waals surface area contributed by atoms with Gasteiger partial charge in [0.1, 0.15) is 16.6 Å². The Hall–Kier alpha value is -2.65. The van der Waals surface area contributed by atoms with Crippen LogP contribution in [-0.4, -0.2) is 17.6 Å². The number of benzene rings is 1. The van der Waals surface area contributed by atoms with Crippen molar-refractivity contribution in [1.82, 2.24) is 4.98 Å². The highest BCUT2D eigenvalue weighted by atomic mass is 32.1. The Balaban J connectivity index is 1.65. The van der Waals surface area contributed by atoms with Crippen molar-refractivity contribution in [2.75, 3.05) is 11.9 Å². The highest BCUT2D eigenvalue weighted by Gasteiger charge is 2.26. The van der Waals surface area contributed by atoms with Gasteiger partial charge in [-0.3, -0.25) is 0 Å². The number of allylic oxidation sites excluding steroid dienone is 1. The van der Waals surface area contributed by atoms with Crippen molar-refractivity contribution in [3.63, 3.8) is 0 Å². The Bertz CT molecular complexity index is 814. The topological polar surface area (TPSA) is 75.0 Å². The van der Waals surface area contributed by atoms with Gasteiger partial charge in [-0.1, -0.05) is 6.92 Å². The third kappa shape index (κ3) is 4.46. The van der Waals surface area contributed by atoms with E-state index in [1.54, 1.807) is 30.5 Å². The predicted molar refractivity (Wildman–Crippen MR) is 98.3 cm³/mol. The molecule has 1 aliphatic rings. The lowest BCUT2D eigenvalue weighted by Crippen LogP contribution is -2.05. The van der Waals surface area contributed by atoms with Crippen LogP contribution in [0.3, 0.4) is 0 Å². The summed E-state index contributed by atoms with van der Waals surface area (Å²) in [6.07, 6.45) is 4.84. The highest BCUT2D eigenvalue weighted by Crippen LogP contribution is 2.40. The van der Waals surface area contributed by atoms with E-state index in [0.717, 1.165) is 22.8 Å². The van der Waals surface area contributed by atoms with Gasteiger partial charge in [0.15, 0.2) is 0 Å². The van der Waals surface area contributed by atoms with E-state index in [9.17, 15) is 10.1 Å². The molecule has 1 aliphatic carbocycles. The number of nitrogens with zero attached hydrogens (tertiary/aromatic N) is 2. The average Bonchev–Trinajstić information content (AvgIpc) is 3.39. The molecule has 0 aliphatic heterocycles. The fourth-order valence-electron chi connectivity index (χ4n) is 2.25. The molecular formula is C19H19N3O2S. The average molecular weight is 353 g/mol. The first kappa shape index (κ1) is 17.2. The first-order valence-corrected chi connectivity index (χ1v) is 9.19. The van der Waals surface area contributed by atoms with Crippen LogP contribution < -0.4 is 5.32 Å². The summed E-state index contributed by atoms with van der Waals surface area (Å²) in [6.45, 7) is 2.37. The third-order valence-corrected chi connectivity index (χ3v) is 4.70. The van der Waals surface area contributed by atoms with Crippen molar-refractivity contribution in [3.05, 3.63) is 52.1 Å². The summed E-state index contributed by atoms with van der Waals surface area (Å²) in [7, 11) is 0. The maximum Gasteiger partial charge on any atom is 0.338 e. The maximum atomic E-state index is 11.8. The Morgan fingerprint density at radius 3 is 2.84 bits per heavy atom. The number of hydrogen-bond donors (Lipinski definition) is 1. The van der Waals surface area contributed by atoms with Crippen molar-refractivity contribution >= 4 is 28.6 Å². The zero-order valence-corrected chi connectivity index (χ0v) is 14.8. The minimum Gasteiger partial charge on any atom is -0.462 e. The highest BCUT2D eigenvalue weighted by molar-refractivity contribution is 7.10. The normalized spacial score (nSPS) is 14.0. The van der Waals surface area contributed by atoms with E-state index in [-0.39, 0.29) is 5.97 Å². The molecule has 0 spiro atoms. The Labute approximate surface area is 151 Å². The molecule has 1 aromatic heterocycles. The number of nitrogens with one attached hydrogen (secondary N) is 1. The number of ether oxygens (including phenoxy) is 1. The number of carbonyl (C=O) groups excluding carboxylic acids is 1. The summed E-state index contributed by atoms with van der Waals surface area (Å²) in [5.74, 6) is 0.259. The number of aromatic nitrogens is 1. The molecule has 6 heteroatoms. The second-order valence-electron chi connectivity index (χ2n) is 5.88. The molecule has 1 N–H and O–H groups in total. The number of rotatable bonds is 7. The maximum absolute atomic E-state index is 11.8. The van der Waals surface area contributed by atoms with E-state index in [4.69, 9.17) is 4.74 Å². The van der Waals surface area contributed by atoms with Crippen LogP contribution in [0.2, 0.25) is 0 Å². The summed E-state index contributed by atoms with van der Waals surface area (Å²) in [6, 6.07) is 9.16. The smallest absolute Gasteiger partial charge is 0.338 e. The van der Waals surface area contributed by atoms with E-state index >= 15 is 0 Å². The molecule has 1 fully saturated rings. The van der Waals surface area contributed by atoms with Gasteiger partial charge in [0.05, 0.1) is 17.9 Å². The van der Waals surface area contributed by atoms with Crippen LogP contribution in [0, 0.1) is 11.3 Å². The summed E-state index contributed by atoms with van der Waals surface area (Å²) in [5, 5.41) is 15.2. The van der Waals surface area contributed by atoms with E-state index < -0.39 is 0 Å². The Kier molecular flexibility index (Phi) is 5.46. The molecule has 0 atom stereocenters. The van der Waals surface area contributed by atoms with Gasteiger partial charge in [-0.2, -0.15) is 5.26 Å². The monoisotopic (exact) mass is 353 g/mol. The number of anilines is 1. The van der Waals surface area contributed by atoms with E-state index in [0.29, 0.717) is 23.7 Å². The van der Waals surface area contributed by atoms with E-state index in [1.165, 1.54) is 24.2 Å². The van der Waals surface area contributed by atoms with Gasteiger partial charge in [-0.15, -0.1) is 11.3 Å². The van der Waals surface area contributed by atoms with Crippen LogP contribution in [0.5, 0.6) is 0 Å². The lowest BCUT2D eigenvalue weighted by Gasteiger charge is -2.05. The fraction of sp³-hybridized carbons (Fsp3) is 0.316. The minimum absolute atomic E-state index is 0.322. The molecule has 128 valence electrons. The SMILES string of the molecule is CCCOC(=O)c1ccc(N/C=C(\C#N)c2nc(C3CC3)cs2)cc1. The minimum atomic E-state index is -0.322. The van der Waals surface area contributed by atoms with Crippen molar-refractivity contribution < 1.29 is 9.53 Å². The summed E-state index contributed by atoms with van der Waals surface area (Å²) >= 11 is 1.50. The van der Waals surface area contributed by atoms with E-state index in [2.05, 4.69) is 16.4 Å². The van der Waals surface area contributed by atoms with Gasteiger partial charge in [-0.25, -0.2) is 9.78 Å². The lowest BCUT2D eigenvalue weighted by molar-refractivity contribution is 0.0505. The second-order valence-corrected chi connectivity index (χ2v) is 6.74. The first-order chi connectivity index (χ1) is 12.2.